The van der Waals surface area contributed by atoms with E-state index in [0.717, 1.165) is 16.3 Å². The Bertz CT molecular complexity index is 927. The molecule has 0 saturated heterocycles. The molecular formula is C18H17N5O. The molecule has 0 atom stereocenters. The van der Waals surface area contributed by atoms with Crippen LogP contribution in [0.2, 0.25) is 0 Å². The van der Waals surface area contributed by atoms with Gasteiger partial charge in [-0.25, -0.2) is 4.98 Å². The monoisotopic (exact) mass is 319 g/mol. The molecule has 0 aliphatic carbocycles. The molecule has 1 heterocycles. The Hall–Kier alpha value is -3.12. The molecule has 24 heavy (non-hydrogen) atoms. The van der Waals surface area contributed by atoms with E-state index in [-0.39, 0.29) is 12.3 Å². The number of anilines is 1. The fourth-order valence-corrected chi connectivity index (χ4v) is 2.36. The molecule has 0 spiro atoms. The summed E-state index contributed by atoms with van der Waals surface area (Å²) in [4.78, 5) is 4.17. The maximum atomic E-state index is 8.98. The number of fused-ring (bicyclic) bond motifs is 1. The number of nitrogen functional groups attached to an aromatic ring is 1. The number of azo groups is 1. The van der Waals surface area contributed by atoms with Crippen molar-refractivity contribution in [2.75, 3.05) is 12.3 Å². The SMILES string of the molecule is Cc1ccc2cnc(N)c(N=Nc3ccc(C(=N)CO)cc3)c2c1. The van der Waals surface area contributed by atoms with Crippen LogP contribution in [0.4, 0.5) is 17.2 Å². The third kappa shape index (κ3) is 3.13. The van der Waals surface area contributed by atoms with Crippen molar-refractivity contribution < 1.29 is 5.11 Å². The van der Waals surface area contributed by atoms with Gasteiger partial charge in [0, 0.05) is 17.0 Å². The first-order valence-corrected chi connectivity index (χ1v) is 7.44. The summed E-state index contributed by atoms with van der Waals surface area (Å²) in [6, 6.07) is 12.9. The largest absolute Gasteiger partial charge is 0.390 e. The molecule has 0 radical (unpaired) electrons. The number of rotatable bonds is 4. The minimum absolute atomic E-state index is 0.163. The summed E-state index contributed by atoms with van der Waals surface area (Å²) in [5.74, 6) is 0.329. The van der Waals surface area contributed by atoms with Gasteiger partial charge in [0.2, 0.25) is 0 Å². The highest BCUT2D eigenvalue weighted by Crippen LogP contribution is 2.32. The van der Waals surface area contributed by atoms with Crippen LogP contribution >= 0.6 is 0 Å². The van der Waals surface area contributed by atoms with Crippen molar-refractivity contribution in [3.05, 3.63) is 59.8 Å². The van der Waals surface area contributed by atoms with Crippen LogP contribution in [0.1, 0.15) is 11.1 Å². The summed E-state index contributed by atoms with van der Waals surface area (Å²) in [6.45, 7) is 1.71. The second kappa shape index (κ2) is 6.55. The molecule has 1 aromatic heterocycles. The molecular weight excluding hydrogens is 302 g/mol. The molecule has 2 aromatic carbocycles. The fourth-order valence-electron chi connectivity index (χ4n) is 2.36. The number of aromatic nitrogens is 1. The number of nitrogens with zero attached hydrogens (tertiary/aromatic N) is 3. The maximum Gasteiger partial charge on any atom is 0.151 e. The first kappa shape index (κ1) is 15.8. The molecule has 0 aliphatic rings. The first-order valence-electron chi connectivity index (χ1n) is 7.44. The predicted octanol–water partition coefficient (Wildman–Crippen LogP) is 3.90. The molecule has 0 aliphatic heterocycles. The van der Waals surface area contributed by atoms with Crippen LogP contribution in [-0.4, -0.2) is 22.4 Å². The van der Waals surface area contributed by atoms with Crippen molar-refractivity contribution >= 4 is 33.7 Å². The lowest BCUT2D eigenvalue weighted by atomic mass is 10.1. The van der Waals surface area contributed by atoms with E-state index in [4.69, 9.17) is 16.2 Å². The van der Waals surface area contributed by atoms with E-state index in [1.807, 2.05) is 25.1 Å². The molecule has 4 N–H and O–H groups in total. The van der Waals surface area contributed by atoms with Crippen molar-refractivity contribution in [1.29, 1.82) is 5.41 Å². The average Bonchev–Trinajstić information content (AvgIpc) is 2.60. The number of aliphatic hydroxyl groups excluding tert-OH is 1. The van der Waals surface area contributed by atoms with Crippen LogP contribution in [0, 0.1) is 12.3 Å². The van der Waals surface area contributed by atoms with Gasteiger partial charge in [-0.05, 0) is 30.7 Å². The fraction of sp³-hybridized carbons (Fsp3) is 0.111. The Morgan fingerprint density at radius 1 is 1.17 bits per heavy atom. The number of aryl methyl sites for hydroxylation is 1. The van der Waals surface area contributed by atoms with Crippen LogP contribution in [0.25, 0.3) is 10.8 Å². The van der Waals surface area contributed by atoms with Crippen LogP contribution in [0.3, 0.4) is 0 Å². The van der Waals surface area contributed by atoms with E-state index in [1.165, 1.54) is 0 Å². The Balaban J connectivity index is 1.97. The molecule has 0 bridgehead atoms. The van der Waals surface area contributed by atoms with Gasteiger partial charge in [-0.1, -0.05) is 29.8 Å². The quantitative estimate of drug-likeness (QED) is 0.501. The summed E-state index contributed by atoms with van der Waals surface area (Å²) >= 11 is 0. The van der Waals surface area contributed by atoms with E-state index >= 15 is 0 Å². The molecule has 6 heteroatoms. The van der Waals surface area contributed by atoms with Gasteiger partial charge in [-0.2, -0.15) is 5.11 Å². The standard InChI is InChI=1S/C18H17N5O/c1-11-2-3-13-9-21-18(20)17(15(13)8-11)23-22-14-6-4-12(5-7-14)16(19)10-24/h2-9,19,24H,10H2,1H3,(H2,20,21). The molecule has 0 saturated carbocycles. The Labute approximate surface area is 139 Å². The molecule has 120 valence electrons. The van der Waals surface area contributed by atoms with Gasteiger partial charge in [-0.3, -0.25) is 0 Å². The van der Waals surface area contributed by atoms with Crippen molar-refractivity contribution in [3.63, 3.8) is 0 Å². The summed E-state index contributed by atoms with van der Waals surface area (Å²) in [5, 5.41) is 26.9. The third-order valence-electron chi connectivity index (χ3n) is 3.69. The zero-order valence-corrected chi connectivity index (χ0v) is 13.2. The lowest BCUT2D eigenvalue weighted by molar-refractivity contribution is 0.357. The van der Waals surface area contributed by atoms with Gasteiger partial charge >= 0.3 is 0 Å². The molecule has 0 fully saturated rings. The van der Waals surface area contributed by atoms with E-state index in [9.17, 15) is 0 Å². The Morgan fingerprint density at radius 2 is 1.92 bits per heavy atom. The highest BCUT2D eigenvalue weighted by Gasteiger charge is 2.07. The Kier molecular flexibility index (Phi) is 4.31. The summed E-state index contributed by atoms with van der Waals surface area (Å²) in [7, 11) is 0. The van der Waals surface area contributed by atoms with E-state index in [1.54, 1.807) is 30.5 Å². The zero-order valence-electron chi connectivity index (χ0n) is 13.2. The number of aliphatic hydroxyl groups is 1. The second-order valence-electron chi connectivity index (χ2n) is 5.47. The number of benzene rings is 2. The van der Waals surface area contributed by atoms with Crippen LogP contribution in [0.15, 0.2) is 58.9 Å². The molecule has 3 rings (SSSR count). The van der Waals surface area contributed by atoms with Crippen molar-refractivity contribution in [2.45, 2.75) is 6.92 Å². The highest BCUT2D eigenvalue weighted by molar-refractivity contribution is 5.99. The van der Waals surface area contributed by atoms with Crippen LogP contribution in [-0.2, 0) is 0 Å². The molecule has 3 aromatic rings. The van der Waals surface area contributed by atoms with Crippen molar-refractivity contribution in [3.8, 4) is 0 Å². The number of pyridine rings is 1. The van der Waals surface area contributed by atoms with Gasteiger partial charge in [-0.15, -0.1) is 5.11 Å². The topological polar surface area (TPSA) is 108 Å². The number of hydrogen-bond acceptors (Lipinski definition) is 6. The van der Waals surface area contributed by atoms with Gasteiger partial charge < -0.3 is 16.2 Å². The highest BCUT2D eigenvalue weighted by atomic mass is 16.3. The molecule has 0 amide bonds. The van der Waals surface area contributed by atoms with Gasteiger partial charge in [0.05, 0.1) is 18.0 Å². The Morgan fingerprint density at radius 3 is 2.62 bits per heavy atom. The minimum Gasteiger partial charge on any atom is -0.390 e. The molecule has 6 nitrogen and oxygen atoms in total. The maximum absolute atomic E-state index is 8.98. The zero-order chi connectivity index (χ0) is 17.1. The summed E-state index contributed by atoms with van der Waals surface area (Å²) in [5.41, 5.74) is 9.06. The van der Waals surface area contributed by atoms with E-state index < -0.39 is 0 Å². The number of nitrogens with one attached hydrogen (secondary N) is 1. The summed E-state index contributed by atoms with van der Waals surface area (Å²) in [6.07, 6.45) is 1.72. The predicted molar refractivity (Wildman–Crippen MR) is 95.4 cm³/mol. The number of hydrogen-bond donors (Lipinski definition) is 3. The minimum atomic E-state index is -0.293. The van der Waals surface area contributed by atoms with Crippen LogP contribution in [0.5, 0.6) is 0 Å². The average molecular weight is 319 g/mol. The van der Waals surface area contributed by atoms with Crippen LogP contribution < -0.4 is 5.73 Å². The van der Waals surface area contributed by atoms with E-state index in [0.29, 0.717) is 22.8 Å². The normalized spacial score (nSPS) is 11.2. The smallest absolute Gasteiger partial charge is 0.151 e. The van der Waals surface area contributed by atoms with Gasteiger partial charge in [0.1, 0.15) is 5.69 Å². The van der Waals surface area contributed by atoms with Gasteiger partial charge in [0.25, 0.3) is 0 Å². The van der Waals surface area contributed by atoms with Crippen molar-refractivity contribution in [2.24, 2.45) is 10.2 Å². The van der Waals surface area contributed by atoms with Crippen molar-refractivity contribution in [1.82, 2.24) is 4.98 Å². The third-order valence-corrected chi connectivity index (χ3v) is 3.69. The van der Waals surface area contributed by atoms with E-state index in [2.05, 4.69) is 15.2 Å². The summed E-state index contributed by atoms with van der Waals surface area (Å²) < 4.78 is 0. The first-order chi connectivity index (χ1) is 11.6. The second-order valence-corrected chi connectivity index (χ2v) is 5.47. The lowest BCUT2D eigenvalue weighted by Gasteiger charge is -2.05. The molecule has 0 unspecified atom stereocenters. The number of nitrogens with two attached hydrogens (primary N) is 1. The lowest BCUT2D eigenvalue weighted by Crippen LogP contribution is -2.03. The van der Waals surface area contributed by atoms with Gasteiger partial charge in [0.15, 0.2) is 5.82 Å².